The number of nitrogens with one attached hydrogen (secondary N) is 1. The zero-order valence-corrected chi connectivity index (χ0v) is 44.1. The lowest BCUT2D eigenvalue weighted by Crippen LogP contribution is -2.47. The number of phosphoric acid groups is 1. The Labute approximate surface area is 401 Å². The van der Waals surface area contributed by atoms with Crippen molar-refractivity contribution in [2.24, 2.45) is 0 Å². The molecule has 3 unspecified atom stereocenters. The third-order valence-electron chi connectivity index (χ3n) is 11.8. The first-order valence-corrected chi connectivity index (χ1v) is 28.4. The Morgan fingerprint density at radius 2 is 0.985 bits per heavy atom. The van der Waals surface area contributed by atoms with Crippen LogP contribution < -0.4 is 10.2 Å². The third-order valence-corrected chi connectivity index (χ3v) is 12.8. The maximum Gasteiger partial charge on any atom is 0.306 e. The van der Waals surface area contributed by atoms with Crippen molar-refractivity contribution in [2.75, 3.05) is 40.9 Å². The molecule has 0 aliphatic heterocycles. The fourth-order valence-corrected chi connectivity index (χ4v) is 8.36. The molecule has 10 heteroatoms. The molecule has 0 aromatic heterocycles. The minimum absolute atomic E-state index is 0.0253. The van der Waals surface area contributed by atoms with Gasteiger partial charge in [0.25, 0.3) is 7.82 Å². The summed E-state index contributed by atoms with van der Waals surface area (Å²) < 4.78 is 30.1. The summed E-state index contributed by atoms with van der Waals surface area (Å²) in [7, 11) is 1.17. The Morgan fingerprint density at radius 3 is 1.46 bits per heavy atom. The molecular formula is C55H103N2O7P. The van der Waals surface area contributed by atoms with Gasteiger partial charge in [-0.15, -0.1) is 0 Å². The van der Waals surface area contributed by atoms with E-state index in [1.165, 1.54) is 122 Å². The number of carbonyl (C=O) groups excluding carboxylic acids is 2. The summed E-state index contributed by atoms with van der Waals surface area (Å²) in [6.07, 6.45) is 53.6. The summed E-state index contributed by atoms with van der Waals surface area (Å²) in [5.41, 5.74) is 0. The zero-order chi connectivity index (χ0) is 48.0. The first-order chi connectivity index (χ1) is 31.4. The molecule has 0 aliphatic rings. The van der Waals surface area contributed by atoms with Gasteiger partial charge >= 0.3 is 5.97 Å². The van der Waals surface area contributed by atoms with E-state index in [2.05, 4.69) is 56.5 Å². The molecule has 0 bridgehead atoms. The molecule has 0 spiro atoms. The number of rotatable bonds is 48. The minimum atomic E-state index is -4.69. The SMILES string of the molecule is CC/C=C/C=C/C=C\CCCCCCCC(=O)OC(/C=C/CCCCCCCCCCC)C(COP(=O)([O-])OCC[N+](C)(C)C)NC(=O)CCCCCCCCCCCCCCCCC. The fourth-order valence-electron chi connectivity index (χ4n) is 7.64. The van der Waals surface area contributed by atoms with Gasteiger partial charge in [0.2, 0.25) is 5.91 Å². The van der Waals surface area contributed by atoms with Crippen molar-refractivity contribution in [3.63, 3.8) is 0 Å². The number of carbonyl (C=O) groups is 2. The van der Waals surface area contributed by atoms with Gasteiger partial charge in [0.15, 0.2) is 0 Å². The van der Waals surface area contributed by atoms with E-state index in [1.807, 2.05) is 39.4 Å². The van der Waals surface area contributed by atoms with Gasteiger partial charge in [0, 0.05) is 12.8 Å². The second-order valence-electron chi connectivity index (χ2n) is 19.4. The van der Waals surface area contributed by atoms with Crippen molar-refractivity contribution in [2.45, 2.75) is 251 Å². The number of hydrogen-bond donors (Lipinski definition) is 1. The summed E-state index contributed by atoms with van der Waals surface area (Å²) in [5.74, 6) is -0.562. The molecule has 0 aromatic rings. The summed E-state index contributed by atoms with van der Waals surface area (Å²) in [5, 5.41) is 3.01. The van der Waals surface area contributed by atoms with Gasteiger partial charge in [0.05, 0.1) is 33.8 Å². The number of esters is 1. The minimum Gasteiger partial charge on any atom is -0.756 e. The number of unbranched alkanes of at least 4 members (excludes halogenated alkanes) is 28. The van der Waals surface area contributed by atoms with Crippen molar-refractivity contribution in [1.29, 1.82) is 0 Å². The van der Waals surface area contributed by atoms with E-state index in [-0.39, 0.29) is 24.9 Å². The van der Waals surface area contributed by atoms with E-state index in [0.29, 0.717) is 23.9 Å². The number of phosphoric ester groups is 1. The standard InChI is InChI=1S/C55H103N2O7P/c1-7-10-13-16-19-22-25-27-28-30-32-35-38-41-44-47-54(58)56-52(51-63-65(60,61)62-50-49-57(4,5)6)53(46-43-40-37-34-31-24-21-18-15-12-9-3)64-55(59)48-45-42-39-36-33-29-26-23-20-17-14-11-8-2/h11,14,17,20,23,26,43,46,52-53H,7-10,12-13,15-16,18-19,21-22,24-25,27-42,44-45,47-51H2,1-6H3,(H-,56,58,60,61)/b14-11+,20-17+,26-23-,46-43+. The molecular weight excluding hydrogens is 832 g/mol. The Kier molecular flexibility index (Phi) is 44.3. The van der Waals surface area contributed by atoms with Crippen LogP contribution in [-0.4, -0.2) is 69.4 Å². The summed E-state index contributed by atoms with van der Waals surface area (Å²) in [4.78, 5) is 39.7. The second kappa shape index (κ2) is 45.7. The highest BCUT2D eigenvalue weighted by Gasteiger charge is 2.27. The van der Waals surface area contributed by atoms with Gasteiger partial charge in [-0.3, -0.25) is 14.2 Å². The normalized spacial score (nSPS) is 14.3. The lowest BCUT2D eigenvalue weighted by molar-refractivity contribution is -0.870. The van der Waals surface area contributed by atoms with Gasteiger partial charge < -0.3 is 28.5 Å². The van der Waals surface area contributed by atoms with Crippen LogP contribution in [0.2, 0.25) is 0 Å². The summed E-state index contributed by atoms with van der Waals surface area (Å²) in [6.45, 7) is 6.69. The van der Waals surface area contributed by atoms with Gasteiger partial charge in [-0.2, -0.15) is 0 Å². The van der Waals surface area contributed by atoms with E-state index in [1.54, 1.807) is 0 Å². The largest absolute Gasteiger partial charge is 0.756 e. The van der Waals surface area contributed by atoms with E-state index < -0.39 is 26.6 Å². The fraction of sp³-hybridized carbons (Fsp3) is 0.818. The average molecular weight is 935 g/mol. The third kappa shape index (κ3) is 46.9. The number of ether oxygens (including phenoxy) is 1. The molecule has 0 heterocycles. The molecule has 65 heavy (non-hydrogen) atoms. The average Bonchev–Trinajstić information content (AvgIpc) is 3.26. The van der Waals surface area contributed by atoms with E-state index >= 15 is 0 Å². The molecule has 1 N–H and O–H groups in total. The van der Waals surface area contributed by atoms with Crippen LogP contribution >= 0.6 is 7.82 Å². The van der Waals surface area contributed by atoms with Crippen LogP contribution in [0.25, 0.3) is 0 Å². The van der Waals surface area contributed by atoms with Crippen LogP contribution in [0.3, 0.4) is 0 Å². The predicted molar refractivity (Wildman–Crippen MR) is 275 cm³/mol. The zero-order valence-electron chi connectivity index (χ0n) is 43.2. The van der Waals surface area contributed by atoms with Gasteiger partial charge in [0.1, 0.15) is 19.3 Å². The molecule has 0 saturated carbocycles. The summed E-state index contributed by atoms with van der Waals surface area (Å²) in [6, 6.07) is -0.892. The van der Waals surface area contributed by atoms with Crippen molar-refractivity contribution < 1.29 is 37.3 Å². The molecule has 3 atom stereocenters. The van der Waals surface area contributed by atoms with Crippen LogP contribution in [0.1, 0.15) is 239 Å². The van der Waals surface area contributed by atoms with Crippen LogP contribution in [-0.2, 0) is 27.9 Å². The van der Waals surface area contributed by atoms with E-state index in [4.69, 9.17) is 13.8 Å². The van der Waals surface area contributed by atoms with Gasteiger partial charge in [-0.25, -0.2) is 0 Å². The molecule has 0 fully saturated rings. The molecule has 0 rings (SSSR count). The Balaban J connectivity index is 5.39. The van der Waals surface area contributed by atoms with Crippen molar-refractivity contribution in [3.8, 4) is 0 Å². The number of hydrogen-bond acceptors (Lipinski definition) is 7. The van der Waals surface area contributed by atoms with E-state index in [0.717, 1.165) is 77.0 Å². The maximum absolute atomic E-state index is 13.4. The number of allylic oxidation sites excluding steroid dienone is 7. The smallest absolute Gasteiger partial charge is 0.306 e. The number of likely N-dealkylation sites (N-methyl/N-ethyl adjacent to an activating group) is 1. The van der Waals surface area contributed by atoms with Crippen molar-refractivity contribution >= 4 is 19.7 Å². The molecule has 380 valence electrons. The van der Waals surface area contributed by atoms with Crippen LogP contribution in [0, 0.1) is 0 Å². The van der Waals surface area contributed by atoms with Gasteiger partial charge in [-0.05, 0) is 51.0 Å². The highest BCUT2D eigenvalue weighted by atomic mass is 31.2. The Morgan fingerprint density at radius 1 is 0.554 bits per heavy atom. The maximum atomic E-state index is 13.4. The first-order valence-electron chi connectivity index (χ1n) is 27.0. The quantitative estimate of drug-likeness (QED) is 0.0161. The highest BCUT2D eigenvalue weighted by molar-refractivity contribution is 7.45. The topological polar surface area (TPSA) is 114 Å². The monoisotopic (exact) mass is 935 g/mol. The lowest BCUT2D eigenvalue weighted by atomic mass is 10.0. The van der Waals surface area contributed by atoms with E-state index in [9.17, 15) is 19.0 Å². The molecule has 9 nitrogen and oxygen atoms in total. The number of nitrogens with zero attached hydrogens (tertiary/aromatic N) is 1. The number of amides is 1. The van der Waals surface area contributed by atoms with Crippen molar-refractivity contribution in [1.82, 2.24) is 5.32 Å². The van der Waals surface area contributed by atoms with Crippen molar-refractivity contribution in [3.05, 3.63) is 48.6 Å². The van der Waals surface area contributed by atoms with Crippen LogP contribution in [0.15, 0.2) is 48.6 Å². The predicted octanol–water partition coefficient (Wildman–Crippen LogP) is 15.1. The molecule has 0 saturated heterocycles. The van der Waals surface area contributed by atoms with Crippen LogP contribution in [0.5, 0.6) is 0 Å². The lowest BCUT2D eigenvalue weighted by Gasteiger charge is -2.30. The number of quaternary nitrogens is 1. The Hall–Kier alpha value is -2.03. The highest BCUT2D eigenvalue weighted by Crippen LogP contribution is 2.38. The molecule has 0 radical (unpaired) electrons. The second-order valence-corrected chi connectivity index (χ2v) is 20.8. The van der Waals surface area contributed by atoms with Crippen LogP contribution in [0.4, 0.5) is 0 Å². The Bertz CT molecular complexity index is 1260. The first kappa shape index (κ1) is 63.0. The van der Waals surface area contributed by atoms with Gasteiger partial charge in [-0.1, -0.05) is 224 Å². The molecule has 1 amide bonds. The molecule has 0 aromatic carbocycles. The summed E-state index contributed by atoms with van der Waals surface area (Å²) >= 11 is 0. The molecule has 0 aliphatic carbocycles.